The van der Waals surface area contributed by atoms with Crippen molar-refractivity contribution in [3.63, 3.8) is 0 Å². The largest absolute Gasteiger partial charge is 0.496 e. The fraction of sp³-hybridized carbons (Fsp3) is 0.417. The number of anilines is 1. The van der Waals surface area contributed by atoms with Gasteiger partial charge in [-0.15, -0.1) is 0 Å². The molecule has 0 fully saturated rings. The van der Waals surface area contributed by atoms with Crippen molar-refractivity contribution in [2.24, 2.45) is 0 Å². The van der Waals surface area contributed by atoms with Crippen LogP contribution in [0, 0.1) is 0 Å². The molecule has 0 aliphatic heterocycles. The van der Waals surface area contributed by atoms with E-state index in [1.54, 1.807) is 13.2 Å². The van der Waals surface area contributed by atoms with Gasteiger partial charge >= 0.3 is 0 Å². The molecule has 0 spiro atoms. The van der Waals surface area contributed by atoms with Gasteiger partial charge in [-0.1, -0.05) is 13.3 Å². The third-order valence-corrected chi connectivity index (χ3v) is 2.22. The van der Waals surface area contributed by atoms with Gasteiger partial charge in [-0.3, -0.25) is 4.79 Å². The molecule has 3 nitrogen and oxygen atoms in total. The van der Waals surface area contributed by atoms with E-state index < -0.39 is 0 Å². The van der Waals surface area contributed by atoms with Crippen LogP contribution in [0.3, 0.4) is 0 Å². The summed E-state index contributed by atoms with van der Waals surface area (Å²) in [5.74, 6) is 0.617. The quantitative estimate of drug-likeness (QED) is 0.575. The number of hydrogen-bond acceptors (Lipinski definition) is 3. The Bertz CT molecular complexity index is 323. The molecular weight excluding hydrogens is 190 g/mol. The summed E-state index contributed by atoms with van der Waals surface area (Å²) >= 11 is 0. The minimum atomic E-state index is 0.582. The number of nitrogens with one attached hydrogen (secondary N) is 1. The van der Waals surface area contributed by atoms with Crippen LogP contribution in [0.25, 0.3) is 0 Å². The molecule has 1 rings (SSSR count). The number of carbonyl (C=O) groups excluding carboxylic acids is 1. The maximum atomic E-state index is 10.7. The number of carbonyl (C=O) groups is 1. The minimum absolute atomic E-state index is 0.582. The molecule has 0 aromatic heterocycles. The zero-order chi connectivity index (χ0) is 11.1. The van der Waals surface area contributed by atoms with Crippen molar-refractivity contribution in [2.75, 3.05) is 19.0 Å². The van der Waals surface area contributed by atoms with Gasteiger partial charge < -0.3 is 10.1 Å². The van der Waals surface area contributed by atoms with E-state index in [2.05, 4.69) is 12.2 Å². The highest BCUT2D eigenvalue weighted by Gasteiger charge is 2.02. The van der Waals surface area contributed by atoms with Crippen LogP contribution < -0.4 is 10.1 Å². The highest BCUT2D eigenvalue weighted by Crippen LogP contribution is 2.21. The van der Waals surface area contributed by atoms with Crippen molar-refractivity contribution >= 4 is 12.0 Å². The lowest BCUT2D eigenvalue weighted by atomic mass is 10.2. The number of aldehydes is 1. The Labute approximate surface area is 90.4 Å². The van der Waals surface area contributed by atoms with E-state index in [0.717, 1.165) is 31.4 Å². The highest BCUT2D eigenvalue weighted by atomic mass is 16.5. The zero-order valence-electron chi connectivity index (χ0n) is 9.25. The number of methoxy groups -OCH3 is 1. The second-order valence-electron chi connectivity index (χ2n) is 3.35. The Morgan fingerprint density at radius 3 is 2.87 bits per heavy atom. The van der Waals surface area contributed by atoms with Crippen molar-refractivity contribution in [3.05, 3.63) is 23.8 Å². The van der Waals surface area contributed by atoms with Gasteiger partial charge in [0.1, 0.15) is 5.75 Å². The zero-order valence-corrected chi connectivity index (χ0v) is 9.25. The summed E-state index contributed by atoms with van der Waals surface area (Å²) in [6.45, 7) is 3.10. The van der Waals surface area contributed by atoms with E-state index in [4.69, 9.17) is 4.74 Å². The summed E-state index contributed by atoms with van der Waals surface area (Å²) in [7, 11) is 1.57. The Balaban J connectivity index is 2.70. The lowest BCUT2D eigenvalue weighted by Gasteiger charge is -2.08. The van der Waals surface area contributed by atoms with Crippen LogP contribution in [0.4, 0.5) is 5.69 Å². The van der Waals surface area contributed by atoms with Crippen LogP contribution in [-0.2, 0) is 0 Å². The van der Waals surface area contributed by atoms with Crippen molar-refractivity contribution in [1.29, 1.82) is 0 Å². The van der Waals surface area contributed by atoms with Gasteiger partial charge in [0.25, 0.3) is 0 Å². The first-order valence-electron chi connectivity index (χ1n) is 5.19. The van der Waals surface area contributed by atoms with Gasteiger partial charge in [0.2, 0.25) is 0 Å². The molecule has 0 atom stereocenters. The number of unbranched alkanes of at least 4 members (excludes halogenated alkanes) is 1. The number of ether oxygens (including phenoxy) is 1. The summed E-state index contributed by atoms with van der Waals surface area (Å²) in [6, 6.07) is 5.50. The van der Waals surface area contributed by atoms with Gasteiger partial charge in [-0.05, 0) is 18.6 Å². The first-order chi connectivity index (χ1) is 7.31. The molecule has 0 heterocycles. The summed E-state index contributed by atoms with van der Waals surface area (Å²) in [5, 5.41) is 3.28. The molecule has 1 aromatic rings. The number of benzene rings is 1. The van der Waals surface area contributed by atoms with Crippen LogP contribution >= 0.6 is 0 Å². The maximum absolute atomic E-state index is 10.7. The molecule has 1 aromatic carbocycles. The van der Waals surface area contributed by atoms with Crippen molar-refractivity contribution in [2.45, 2.75) is 19.8 Å². The molecule has 0 amide bonds. The molecule has 0 saturated carbocycles. The highest BCUT2D eigenvalue weighted by molar-refractivity contribution is 5.80. The van der Waals surface area contributed by atoms with Gasteiger partial charge in [-0.25, -0.2) is 0 Å². The minimum Gasteiger partial charge on any atom is -0.496 e. The monoisotopic (exact) mass is 207 g/mol. The third-order valence-electron chi connectivity index (χ3n) is 2.22. The van der Waals surface area contributed by atoms with Crippen LogP contribution in [-0.4, -0.2) is 19.9 Å². The Kier molecular flexibility index (Phi) is 4.68. The van der Waals surface area contributed by atoms with Gasteiger partial charge in [-0.2, -0.15) is 0 Å². The summed E-state index contributed by atoms with van der Waals surface area (Å²) in [4.78, 5) is 10.7. The van der Waals surface area contributed by atoms with E-state index in [-0.39, 0.29) is 0 Å². The van der Waals surface area contributed by atoms with Crippen molar-refractivity contribution in [1.82, 2.24) is 0 Å². The topological polar surface area (TPSA) is 38.3 Å². The predicted octanol–water partition coefficient (Wildman–Crippen LogP) is 2.72. The van der Waals surface area contributed by atoms with E-state index in [1.165, 1.54) is 0 Å². The molecule has 0 unspecified atom stereocenters. The molecular formula is C12H17NO2. The molecule has 15 heavy (non-hydrogen) atoms. The molecule has 0 radical (unpaired) electrons. The Morgan fingerprint density at radius 2 is 2.27 bits per heavy atom. The van der Waals surface area contributed by atoms with Crippen LogP contribution in [0.15, 0.2) is 18.2 Å². The maximum Gasteiger partial charge on any atom is 0.153 e. The van der Waals surface area contributed by atoms with Crippen molar-refractivity contribution < 1.29 is 9.53 Å². The lowest BCUT2D eigenvalue weighted by molar-refractivity contribution is 0.112. The Morgan fingerprint density at radius 1 is 1.47 bits per heavy atom. The fourth-order valence-electron chi connectivity index (χ4n) is 1.33. The van der Waals surface area contributed by atoms with Gasteiger partial charge in [0, 0.05) is 18.3 Å². The van der Waals surface area contributed by atoms with Gasteiger partial charge in [0.15, 0.2) is 6.29 Å². The van der Waals surface area contributed by atoms with Gasteiger partial charge in [0.05, 0.1) is 12.7 Å². The normalized spacial score (nSPS) is 9.73. The second kappa shape index (κ2) is 6.06. The van der Waals surface area contributed by atoms with E-state index >= 15 is 0 Å². The molecule has 82 valence electrons. The van der Waals surface area contributed by atoms with E-state index in [1.807, 2.05) is 12.1 Å². The van der Waals surface area contributed by atoms with Crippen molar-refractivity contribution in [3.8, 4) is 5.75 Å². The molecule has 0 aliphatic rings. The predicted molar refractivity (Wildman–Crippen MR) is 61.8 cm³/mol. The standard InChI is InChI=1S/C12H17NO2/c1-3-4-7-13-11-6-5-10(9-14)12(8-11)15-2/h5-6,8-9,13H,3-4,7H2,1-2H3. The summed E-state index contributed by atoms with van der Waals surface area (Å²) in [5.41, 5.74) is 1.57. The molecule has 0 bridgehead atoms. The summed E-state index contributed by atoms with van der Waals surface area (Å²) < 4.78 is 5.11. The smallest absolute Gasteiger partial charge is 0.153 e. The van der Waals surface area contributed by atoms with Crippen LogP contribution in [0.2, 0.25) is 0 Å². The lowest BCUT2D eigenvalue weighted by Crippen LogP contribution is -2.01. The molecule has 1 N–H and O–H groups in total. The molecule has 0 saturated heterocycles. The SMILES string of the molecule is CCCCNc1ccc(C=O)c(OC)c1. The third kappa shape index (κ3) is 3.27. The van der Waals surface area contributed by atoms with Crippen LogP contribution in [0.1, 0.15) is 30.1 Å². The average molecular weight is 207 g/mol. The molecule has 0 aliphatic carbocycles. The molecule has 3 heteroatoms. The second-order valence-corrected chi connectivity index (χ2v) is 3.35. The summed E-state index contributed by atoms with van der Waals surface area (Å²) in [6.07, 6.45) is 3.10. The van der Waals surface area contributed by atoms with E-state index in [9.17, 15) is 4.79 Å². The Hall–Kier alpha value is -1.51. The number of hydrogen-bond donors (Lipinski definition) is 1. The average Bonchev–Trinajstić information content (AvgIpc) is 2.29. The first kappa shape index (κ1) is 11.6. The number of rotatable bonds is 6. The van der Waals surface area contributed by atoms with Crippen LogP contribution in [0.5, 0.6) is 5.75 Å². The fourth-order valence-corrected chi connectivity index (χ4v) is 1.33. The van der Waals surface area contributed by atoms with E-state index in [0.29, 0.717) is 11.3 Å². The first-order valence-corrected chi connectivity index (χ1v) is 5.19.